The van der Waals surface area contributed by atoms with Gasteiger partial charge >= 0.3 is 0 Å². The Morgan fingerprint density at radius 3 is 3.21 bits per heavy atom. The molecule has 2 N–H and O–H groups in total. The molecule has 1 unspecified atom stereocenters. The van der Waals surface area contributed by atoms with Crippen LogP contribution in [-0.2, 0) is 0 Å². The van der Waals surface area contributed by atoms with E-state index in [1.54, 1.807) is 4.90 Å². The van der Waals surface area contributed by atoms with Crippen molar-refractivity contribution in [1.82, 2.24) is 10.1 Å². The lowest BCUT2D eigenvalue weighted by atomic mass is 10.1. The maximum atomic E-state index is 11.8. The summed E-state index contributed by atoms with van der Waals surface area (Å²) in [6.07, 6.45) is 4.76. The van der Waals surface area contributed by atoms with Crippen molar-refractivity contribution in [2.24, 2.45) is 5.73 Å². The summed E-state index contributed by atoms with van der Waals surface area (Å²) in [6.45, 7) is 1.40. The normalized spacial score (nSPS) is 22.4. The van der Waals surface area contributed by atoms with Gasteiger partial charge in [0.2, 0.25) is 0 Å². The molecule has 2 rings (SSSR count). The summed E-state index contributed by atoms with van der Waals surface area (Å²) < 4.78 is 4.62. The number of aromatic nitrogens is 1. The molecule has 1 saturated heterocycles. The Kier molecular flexibility index (Phi) is 2.49. The quantitative estimate of drug-likeness (QED) is 0.696. The summed E-state index contributed by atoms with van der Waals surface area (Å²) in [5.41, 5.74) is 6.28. The van der Waals surface area contributed by atoms with E-state index in [2.05, 4.69) is 9.68 Å². The van der Waals surface area contributed by atoms with E-state index >= 15 is 0 Å². The van der Waals surface area contributed by atoms with Gasteiger partial charge in [0, 0.05) is 19.1 Å². The molecule has 1 aromatic heterocycles. The predicted octanol–water partition coefficient (Wildman–Crippen LogP) is 0.238. The molecule has 76 valence electrons. The third-order valence-corrected chi connectivity index (χ3v) is 2.42. The number of carbonyl (C=O) groups excluding carboxylic acids is 1. The van der Waals surface area contributed by atoms with E-state index in [1.807, 2.05) is 0 Å². The van der Waals surface area contributed by atoms with E-state index in [1.165, 1.54) is 12.5 Å². The zero-order valence-electron chi connectivity index (χ0n) is 7.85. The minimum atomic E-state index is -0.0404. The Morgan fingerprint density at radius 2 is 2.57 bits per heavy atom. The maximum absolute atomic E-state index is 11.8. The molecule has 1 aliphatic heterocycles. The van der Waals surface area contributed by atoms with Crippen LogP contribution >= 0.6 is 0 Å². The molecule has 0 radical (unpaired) electrons. The molecule has 2 heterocycles. The van der Waals surface area contributed by atoms with Gasteiger partial charge in [0.25, 0.3) is 5.91 Å². The van der Waals surface area contributed by atoms with Crippen molar-refractivity contribution < 1.29 is 9.32 Å². The highest BCUT2D eigenvalue weighted by Gasteiger charge is 2.22. The standard InChI is InChI=1S/C9H13N3O2/c10-8-2-1-3-12(5-8)9(13)7-4-11-14-6-7/h4,6,8H,1-3,5,10H2. The first-order valence-electron chi connectivity index (χ1n) is 4.71. The molecule has 5 heteroatoms. The van der Waals surface area contributed by atoms with Gasteiger partial charge in [-0.25, -0.2) is 0 Å². The highest BCUT2D eigenvalue weighted by molar-refractivity contribution is 5.93. The lowest BCUT2D eigenvalue weighted by Gasteiger charge is -2.30. The number of rotatable bonds is 1. The number of likely N-dealkylation sites (tertiary alicyclic amines) is 1. The third kappa shape index (κ3) is 1.77. The first kappa shape index (κ1) is 9.21. The average Bonchev–Trinajstić information content (AvgIpc) is 2.69. The highest BCUT2D eigenvalue weighted by atomic mass is 16.5. The zero-order chi connectivity index (χ0) is 9.97. The van der Waals surface area contributed by atoms with Gasteiger partial charge in [0.15, 0.2) is 0 Å². The maximum Gasteiger partial charge on any atom is 0.258 e. The lowest BCUT2D eigenvalue weighted by molar-refractivity contribution is 0.0708. The summed E-state index contributed by atoms with van der Waals surface area (Å²) in [6, 6.07) is 0.104. The second-order valence-electron chi connectivity index (χ2n) is 3.57. The zero-order valence-corrected chi connectivity index (χ0v) is 7.85. The fourth-order valence-electron chi connectivity index (χ4n) is 1.69. The predicted molar refractivity (Wildman–Crippen MR) is 49.6 cm³/mol. The second kappa shape index (κ2) is 3.79. The topological polar surface area (TPSA) is 72.4 Å². The van der Waals surface area contributed by atoms with Gasteiger partial charge in [-0.05, 0) is 12.8 Å². The van der Waals surface area contributed by atoms with E-state index in [0.29, 0.717) is 12.1 Å². The summed E-state index contributed by atoms with van der Waals surface area (Å²) in [5, 5.41) is 3.50. The van der Waals surface area contributed by atoms with Crippen LogP contribution in [0.1, 0.15) is 23.2 Å². The molecule has 1 atom stereocenters. The van der Waals surface area contributed by atoms with E-state index in [9.17, 15) is 4.79 Å². The minimum absolute atomic E-state index is 0.0404. The largest absolute Gasteiger partial charge is 0.364 e. The van der Waals surface area contributed by atoms with Crippen molar-refractivity contribution in [2.45, 2.75) is 18.9 Å². The number of hydrogen-bond donors (Lipinski definition) is 1. The van der Waals surface area contributed by atoms with E-state index in [4.69, 9.17) is 5.73 Å². The van der Waals surface area contributed by atoms with Crippen molar-refractivity contribution in [3.05, 3.63) is 18.0 Å². The number of amides is 1. The van der Waals surface area contributed by atoms with Crippen LogP contribution in [0.2, 0.25) is 0 Å². The fraction of sp³-hybridized carbons (Fsp3) is 0.556. The number of nitrogens with two attached hydrogens (primary N) is 1. The number of piperidine rings is 1. The smallest absolute Gasteiger partial charge is 0.258 e. The molecule has 5 nitrogen and oxygen atoms in total. The van der Waals surface area contributed by atoms with Gasteiger partial charge < -0.3 is 15.2 Å². The number of nitrogens with zero attached hydrogens (tertiary/aromatic N) is 2. The molecule has 0 saturated carbocycles. The Bertz CT molecular complexity index is 310. The minimum Gasteiger partial charge on any atom is -0.364 e. The van der Waals surface area contributed by atoms with Crippen molar-refractivity contribution in [1.29, 1.82) is 0 Å². The van der Waals surface area contributed by atoms with Crippen LogP contribution < -0.4 is 5.73 Å². The monoisotopic (exact) mass is 195 g/mol. The van der Waals surface area contributed by atoms with Crippen molar-refractivity contribution in [3.63, 3.8) is 0 Å². The fourth-order valence-corrected chi connectivity index (χ4v) is 1.69. The Labute approximate surface area is 81.8 Å². The van der Waals surface area contributed by atoms with E-state index in [0.717, 1.165) is 19.4 Å². The van der Waals surface area contributed by atoms with E-state index in [-0.39, 0.29) is 11.9 Å². The first-order chi connectivity index (χ1) is 6.77. The van der Waals surface area contributed by atoms with Gasteiger partial charge in [0.1, 0.15) is 6.26 Å². The van der Waals surface area contributed by atoms with Crippen LogP contribution in [0.15, 0.2) is 17.0 Å². The van der Waals surface area contributed by atoms with Crippen molar-refractivity contribution in [3.8, 4) is 0 Å². The summed E-state index contributed by atoms with van der Waals surface area (Å²) >= 11 is 0. The molecule has 0 aromatic carbocycles. The van der Waals surface area contributed by atoms with E-state index < -0.39 is 0 Å². The van der Waals surface area contributed by atoms with Gasteiger partial charge in [-0.15, -0.1) is 0 Å². The lowest BCUT2D eigenvalue weighted by Crippen LogP contribution is -2.45. The summed E-state index contributed by atoms with van der Waals surface area (Å²) in [7, 11) is 0. The van der Waals surface area contributed by atoms with Gasteiger partial charge in [0.05, 0.1) is 11.8 Å². The second-order valence-corrected chi connectivity index (χ2v) is 3.57. The Hall–Kier alpha value is -1.36. The van der Waals surface area contributed by atoms with Gasteiger partial charge in [-0.2, -0.15) is 0 Å². The van der Waals surface area contributed by atoms with Crippen molar-refractivity contribution in [2.75, 3.05) is 13.1 Å². The van der Waals surface area contributed by atoms with Gasteiger partial charge in [-0.3, -0.25) is 4.79 Å². The summed E-state index contributed by atoms with van der Waals surface area (Å²) in [4.78, 5) is 13.5. The van der Waals surface area contributed by atoms with Crippen molar-refractivity contribution >= 4 is 5.91 Å². The van der Waals surface area contributed by atoms with Crippen LogP contribution in [-0.4, -0.2) is 35.1 Å². The first-order valence-corrected chi connectivity index (χ1v) is 4.71. The molecule has 1 fully saturated rings. The average molecular weight is 195 g/mol. The van der Waals surface area contributed by atoms with Crippen LogP contribution in [0.5, 0.6) is 0 Å². The van der Waals surface area contributed by atoms with Crippen LogP contribution in [0.25, 0.3) is 0 Å². The number of carbonyl (C=O) groups is 1. The molecule has 14 heavy (non-hydrogen) atoms. The van der Waals surface area contributed by atoms with Crippen LogP contribution in [0.4, 0.5) is 0 Å². The molecule has 0 spiro atoms. The molecule has 1 aromatic rings. The van der Waals surface area contributed by atoms with Gasteiger partial charge in [-0.1, -0.05) is 5.16 Å². The highest BCUT2D eigenvalue weighted by Crippen LogP contribution is 2.11. The SMILES string of the molecule is NC1CCCN(C(=O)c2cnoc2)C1. The van der Waals surface area contributed by atoms with Crippen LogP contribution in [0, 0.1) is 0 Å². The third-order valence-electron chi connectivity index (χ3n) is 2.42. The molecule has 0 aliphatic carbocycles. The summed E-state index contributed by atoms with van der Waals surface area (Å²) in [5.74, 6) is -0.0404. The molecule has 1 aliphatic rings. The molecular formula is C9H13N3O2. The number of hydrogen-bond acceptors (Lipinski definition) is 4. The molecular weight excluding hydrogens is 182 g/mol. The van der Waals surface area contributed by atoms with Crippen LogP contribution in [0.3, 0.4) is 0 Å². The Morgan fingerprint density at radius 1 is 1.71 bits per heavy atom. The molecule has 1 amide bonds. The Balaban J connectivity index is 2.04. The molecule has 0 bridgehead atoms.